The third kappa shape index (κ3) is 2.74. The fourth-order valence-electron chi connectivity index (χ4n) is 3.82. The van der Waals surface area contributed by atoms with E-state index in [1.807, 2.05) is 12.5 Å². The molecule has 1 aliphatic carbocycles. The molecule has 0 aliphatic heterocycles. The number of hydrogen-bond acceptors (Lipinski definition) is 3. The Kier molecular flexibility index (Phi) is 4.01. The molecule has 0 N–H and O–H groups in total. The maximum Gasteiger partial charge on any atom is 0.107 e. The molecule has 0 spiro atoms. The zero-order valence-corrected chi connectivity index (χ0v) is 15.7. The first kappa shape index (κ1) is 15.3. The van der Waals surface area contributed by atoms with Gasteiger partial charge in [0.2, 0.25) is 0 Å². The molecule has 3 aromatic rings. The van der Waals surface area contributed by atoms with Crippen LogP contribution in [-0.4, -0.2) is 39.6 Å². The largest absolute Gasteiger partial charge is 0.327 e. The molecule has 0 saturated heterocycles. The van der Waals surface area contributed by atoms with E-state index in [4.69, 9.17) is 0 Å². The van der Waals surface area contributed by atoms with Crippen molar-refractivity contribution in [1.29, 1.82) is 0 Å². The van der Waals surface area contributed by atoms with Gasteiger partial charge in [-0.3, -0.25) is 4.98 Å². The van der Waals surface area contributed by atoms with E-state index in [1.165, 1.54) is 40.2 Å². The minimum absolute atomic E-state index is 0.555. The Hall–Kier alpha value is -1.21. The van der Waals surface area contributed by atoms with Gasteiger partial charge in [0.15, 0.2) is 0 Å². The van der Waals surface area contributed by atoms with Gasteiger partial charge in [-0.15, -0.1) is 0 Å². The van der Waals surface area contributed by atoms with Crippen LogP contribution in [0.3, 0.4) is 0 Å². The predicted molar refractivity (Wildman–Crippen MR) is 103 cm³/mol. The van der Waals surface area contributed by atoms with Crippen LogP contribution in [0.25, 0.3) is 21.9 Å². The third-order valence-corrected chi connectivity index (χ3v) is 5.82. The van der Waals surface area contributed by atoms with Gasteiger partial charge in [0.05, 0.1) is 23.6 Å². The summed E-state index contributed by atoms with van der Waals surface area (Å²) in [7, 11) is 4.39. The van der Waals surface area contributed by atoms with Crippen molar-refractivity contribution in [3.63, 3.8) is 0 Å². The summed E-state index contributed by atoms with van der Waals surface area (Å²) < 4.78 is 3.65. The van der Waals surface area contributed by atoms with Gasteiger partial charge in [-0.1, -0.05) is 0 Å². The van der Waals surface area contributed by atoms with Gasteiger partial charge in [-0.05, 0) is 80.6 Å². The topological polar surface area (TPSA) is 34.0 Å². The summed E-state index contributed by atoms with van der Waals surface area (Å²) in [6.07, 6.45) is 8.90. The first-order valence-electron chi connectivity index (χ1n) is 8.20. The van der Waals surface area contributed by atoms with Crippen molar-refractivity contribution in [3.05, 3.63) is 34.3 Å². The van der Waals surface area contributed by atoms with E-state index in [0.717, 1.165) is 17.1 Å². The van der Waals surface area contributed by atoms with Gasteiger partial charge in [0.25, 0.3) is 0 Å². The van der Waals surface area contributed by atoms with Gasteiger partial charge < -0.3 is 9.47 Å². The minimum Gasteiger partial charge on any atom is -0.327 e. The van der Waals surface area contributed by atoms with Crippen LogP contribution in [0.15, 0.2) is 30.7 Å². The Labute approximate surface area is 150 Å². The highest BCUT2D eigenvalue weighted by Crippen LogP contribution is 2.34. The monoisotopic (exact) mass is 420 g/mol. The lowest BCUT2D eigenvalue weighted by molar-refractivity contribution is 0.197. The second-order valence-corrected chi connectivity index (χ2v) is 7.98. The second-order valence-electron chi connectivity index (χ2n) is 6.73. The summed E-state index contributed by atoms with van der Waals surface area (Å²) in [5.41, 5.74) is 3.32. The van der Waals surface area contributed by atoms with Gasteiger partial charge in [-0.25, -0.2) is 4.98 Å². The van der Waals surface area contributed by atoms with Crippen LogP contribution < -0.4 is 0 Å². The molecule has 2 heterocycles. The fourth-order valence-corrected chi connectivity index (χ4v) is 4.31. The van der Waals surface area contributed by atoms with E-state index in [2.05, 4.69) is 74.3 Å². The number of benzene rings is 1. The molecule has 0 amide bonds. The van der Waals surface area contributed by atoms with E-state index in [-0.39, 0.29) is 0 Å². The van der Waals surface area contributed by atoms with Crippen LogP contribution in [0.1, 0.15) is 31.7 Å². The lowest BCUT2D eigenvalue weighted by Gasteiger charge is -2.33. The van der Waals surface area contributed by atoms with Crippen LogP contribution >= 0.6 is 22.6 Å². The number of aromatic nitrogens is 3. The van der Waals surface area contributed by atoms with Crippen LogP contribution in [0.2, 0.25) is 0 Å². The van der Waals surface area contributed by atoms with Gasteiger partial charge in [0, 0.05) is 21.0 Å². The Bertz CT molecular complexity index is 847. The number of imidazole rings is 1. The molecule has 0 radical (unpaired) electrons. The molecule has 1 saturated carbocycles. The molecule has 4 rings (SSSR count). The van der Waals surface area contributed by atoms with Crippen molar-refractivity contribution in [3.8, 4) is 0 Å². The van der Waals surface area contributed by atoms with Crippen molar-refractivity contribution in [2.24, 2.45) is 0 Å². The highest BCUT2D eigenvalue weighted by Gasteiger charge is 2.25. The van der Waals surface area contributed by atoms with Crippen molar-refractivity contribution < 1.29 is 0 Å². The number of pyridine rings is 1. The Morgan fingerprint density at radius 1 is 1.09 bits per heavy atom. The second kappa shape index (κ2) is 6.02. The van der Waals surface area contributed by atoms with Gasteiger partial charge in [-0.2, -0.15) is 0 Å². The molecule has 2 aromatic heterocycles. The first-order valence-corrected chi connectivity index (χ1v) is 9.28. The van der Waals surface area contributed by atoms with Crippen molar-refractivity contribution in [2.45, 2.75) is 37.8 Å². The molecule has 5 heteroatoms. The number of rotatable bonds is 2. The van der Waals surface area contributed by atoms with Crippen LogP contribution in [0, 0.1) is 3.57 Å². The molecule has 1 aliphatic rings. The molecule has 0 bridgehead atoms. The Morgan fingerprint density at radius 3 is 2.61 bits per heavy atom. The zero-order chi connectivity index (χ0) is 16.0. The maximum atomic E-state index is 4.62. The summed E-state index contributed by atoms with van der Waals surface area (Å²) in [6, 6.07) is 7.73. The summed E-state index contributed by atoms with van der Waals surface area (Å²) >= 11 is 2.37. The zero-order valence-electron chi connectivity index (χ0n) is 13.5. The third-order valence-electron chi connectivity index (χ3n) is 5.15. The molecule has 4 nitrogen and oxygen atoms in total. The molecular formula is C18H21IN4. The van der Waals surface area contributed by atoms with E-state index in [1.54, 1.807) is 0 Å². The van der Waals surface area contributed by atoms with E-state index in [0.29, 0.717) is 6.04 Å². The molecule has 0 atom stereocenters. The minimum atomic E-state index is 0.555. The summed E-state index contributed by atoms with van der Waals surface area (Å²) in [6.45, 7) is 0. The smallest absolute Gasteiger partial charge is 0.107 e. The van der Waals surface area contributed by atoms with Crippen molar-refractivity contribution in [2.75, 3.05) is 14.1 Å². The molecule has 120 valence electrons. The Morgan fingerprint density at radius 2 is 1.87 bits per heavy atom. The summed E-state index contributed by atoms with van der Waals surface area (Å²) in [5.74, 6) is 0. The molecule has 23 heavy (non-hydrogen) atoms. The van der Waals surface area contributed by atoms with Crippen LogP contribution in [-0.2, 0) is 0 Å². The summed E-state index contributed by atoms with van der Waals surface area (Å²) in [4.78, 5) is 11.5. The number of hydrogen-bond donors (Lipinski definition) is 0. The maximum absolute atomic E-state index is 4.62. The van der Waals surface area contributed by atoms with Crippen LogP contribution in [0.5, 0.6) is 0 Å². The van der Waals surface area contributed by atoms with Crippen molar-refractivity contribution in [1.82, 2.24) is 19.4 Å². The molecule has 1 aromatic carbocycles. The average molecular weight is 420 g/mol. The average Bonchev–Trinajstić information content (AvgIpc) is 2.99. The quantitative estimate of drug-likeness (QED) is 0.582. The first-order chi connectivity index (χ1) is 11.1. The lowest BCUT2D eigenvalue weighted by atomic mass is 9.90. The SMILES string of the molecule is CN(C)[C@H]1CC[C@H](n2cnc3cnc4ccc(I)cc4c32)CC1. The van der Waals surface area contributed by atoms with E-state index in [9.17, 15) is 0 Å². The highest BCUT2D eigenvalue weighted by molar-refractivity contribution is 14.1. The van der Waals surface area contributed by atoms with E-state index >= 15 is 0 Å². The molecule has 0 unspecified atom stereocenters. The van der Waals surface area contributed by atoms with E-state index < -0.39 is 0 Å². The Balaban J connectivity index is 1.77. The fraction of sp³-hybridized carbons (Fsp3) is 0.444. The highest BCUT2D eigenvalue weighted by atomic mass is 127. The number of fused-ring (bicyclic) bond motifs is 3. The lowest BCUT2D eigenvalue weighted by Crippen LogP contribution is -2.32. The normalized spacial score (nSPS) is 22.3. The number of halogens is 1. The van der Waals surface area contributed by atoms with Gasteiger partial charge in [0.1, 0.15) is 5.52 Å². The standard InChI is InChI=1S/C18H21IN4/c1-22(2)13-4-6-14(7-5-13)23-11-21-17-10-20-16-8-3-12(19)9-15(16)18(17)23/h3,8-11,13-14H,4-7H2,1-2H3/t13-,14-. The van der Waals surface area contributed by atoms with Crippen LogP contribution in [0.4, 0.5) is 0 Å². The molecular weight excluding hydrogens is 399 g/mol. The van der Waals surface area contributed by atoms with Gasteiger partial charge >= 0.3 is 0 Å². The summed E-state index contributed by atoms with van der Waals surface area (Å²) in [5, 5.41) is 1.22. The number of nitrogens with zero attached hydrogens (tertiary/aromatic N) is 4. The predicted octanol–water partition coefficient (Wildman–Crippen LogP) is 4.23. The van der Waals surface area contributed by atoms with Crippen molar-refractivity contribution >= 4 is 44.5 Å². The molecule has 1 fully saturated rings.